The predicted molar refractivity (Wildman–Crippen MR) is 105 cm³/mol. The van der Waals surface area contributed by atoms with Gasteiger partial charge in [-0.2, -0.15) is 4.31 Å². The van der Waals surface area contributed by atoms with Gasteiger partial charge in [-0.05, 0) is 36.4 Å². The van der Waals surface area contributed by atoms with Crippen molar-refractivity contribution in [1.82, 2.24) is 4.31 Å². The molecule has 6 heteroatoms. The summed E-state index contributed by atoms with van der Waals surface area (Å²) in [5.41, 5.74) is 1.31. The summed E-state index contributed by atoms with van der Waals surface area (Å²) in [5, 5.41) is 1.63. The molecule has 26 heavy (non-hydrogen) atoms. The van der Waals surface area contributed by atoms with Crippen LogP contribution in [0.2, 0.25) is 0 Å². The van der Waals surface area contributed by atoms with E-state index in [0.717, 1.165) is 42.1 Å². The number of nitrogens with zero attached hydrogens (tertiary/aromatic N) is 2. The lowest BCUT2D eigenvalue weighted by Crippen LogP contribution is -2.33. The van der Waals surface area contributed by atoms with Crippen molar-refractivity contribution in [1.29, 1.82) is 0 Å². The van der Waals surface area contributed by atoms with Gasteiger partial charge < -0.3 is 4.90 Å². The van der Waals surface area contributed by atoms with E-state index in [1.807, 2.05) is 18.2 Å². The van der Waals surface area contributed by atoms with Crippen molar-refractivity contribution in [3.05, 3.63) is 35.9 Å². The molecule has 0 bridgehead atoms. The third-order valence-corrected chi connectivity index (χ3v) is 6.86. The molecule has 1 aliphatic rings. The van der Waals surface area contributed by atoms with Crippen LogP contribution >= 0.6 is 0 Å². The molecule has 0 N–H and O–H groups in total. The molecule has 0 unspecified atom stereocenters. The van der Waals surface area contributed by atoms with Crippen LogP contribution in [0.3, 0.4) is 0 Å². The first-order chi connectivity index (χ1) is 12.4. The molecule has 1 heterocycles. The van der Waals surface area contributed by atoms with Crippen molar-refractivity contribution in [2.75, 3.05) is 25.0 Å². The summed E-state index contributed by atoms with van der Waals surface area (Å²) in [6.07, 6.45) is 3.53. The Balaban J connectivity index is 2.09. The molecule has 0 radical (unpaired) electrons. The van der Waals surface area contributed by atoms with Crippen LogP contribution in [0.15, 0.2) is 35.2 Å². The number of hydrogen-bond donors (Lipinski definition) is 0. The van der Waals surface area contributed by atoms with E-state index in [4.69, 9.17) is 0 Å². The van der Waals surface area contributed by atoms with Gasteiger partial charge in [0.05, 0.1) is 16.1 Å². The summed E-state index contributed by atoms with van der Waals surface area (Å²) >= 11 is 0. The topological polar surface area (TPSA) is 57.7 Å². The van der Waals surface area contributed by atoms with Crippen molar-refractivity contribution in [3.8, 4) is 0 Å². The minimum Gasteiger partial charge on any atom is -0.311 e. The summed E-state index contributed by atoms with van der Waals surface area (Å²) in [4.78, 5) is 14.4. The number of carbonyl (C=O) groups is 1. The Morgan fingerprint density at radius 3 is 2.31 bits per heavy atom. The SMILES string of the molecule is CCCCN(CCCC)S(=O)(=O)c1cc2c3c(cccc3c1)N(C)C2=O. The maximum absolute atomic E-state index is 13.3. The van der Waals surface area contributed by atoms with Crippen molar-refractivity contribution in [3.63, 3.8) is 0 Å². The first-order valence-electron chi connectivity index (χ1n) is 9.26. The monoisotopic (exact) mass is 374 g/mol. The predicted octanol–water partition coefficient (Wildman–Crippen LogP) is 4.02. The van der Waals surface area contributed by atoms with Gasteiger partial charge in [0.2, 0.25) is 10.0 Å². The molecule has 2 aromatic carbocycles. The van der Waals surface area contributed by atoms with Gasteiger partial charge in [0, 0.05) is 25.5 Å². The fraction of sp³-hybridized carbons (Fsp3) is 0.450. The maximum atomic E-state index is 13.3. The van der Waals surface area contributed by atoms with E-state index >= 15 is 0 Å². The molecule has 0 atom stereocenters. The van der Waals surface area contributed by atoms with Crippen molar-refractivity contribution >= 4 is 32.4 Å². The molecular weight excluding hydrogens is 348 g/mol. The van der Waals surface area contributed by atoms with Gasteiger partial charge in [0.1, 0.15) is 0 Å². The lowest BCUT2D eigenvalue weighted by Gasteiger charge is -2.22. The van der Waals surface area contributed by atoms with Gasteiger partial charge >= 0.3 is 0 Å². The molecule has 3 rings (SSSR count). The van der Waals surface area contributed by atoms with Gasteiger partial charge in [0.25, 0.3) is 5.91 Å². The molecule has 140 valence electrons. The third-order valence-electron chi connectivity index (χ3n) is 4.98. The number of amides is 1. The third kappa shape index (κ3) is 3.12. The van der Waals surface area contributed by atoms with Gasteiger partial charge in [-0.3, -0.25) is 4.79 Å². The van der Waals surface area contributed by atoms with Crippen LogP contribution in [0, 0.1) is 0 Å². The van der Waals surface area contributed by atoms with Crippen molar-refractivity contribution in [2.45, 2.75) is 44.4 Å². The van der Waals surface area contributed by atoms with E-state index in [9.17, 15) is 13.2 Å². The normalized spacial score (nSPS) is 14.0. The van der Waals surface area contributed by atoms with Gasteiger partial charge in [0.15, 0.2) is 0 Å². The molecule has 0 spiro atoms. The second-order valence-electron chi connectivity index (χ2n) is 6.82. The van der Waals surface area contributed by atoms with E-state index in [0.29, 0.717) is 18.7 Å². The average molecular weight is 375 g/mol. The molecule has 0 fully saturated rings. The lowest BCUT2D eigenvalue weighted by molar-refractivity contribution is 0.0999. The summed E-state index contributed by atoms with van der Waals surface area (Å²) in [6.45, 7) is 5.13. The Morgan fingerprint density at radius 2 is 1.69 bits per heavy atom. The number of unbranched alkanes of at least 4 members (excludes halogenated alkanes) is 2. The zero-order valence-corrected chi connectivity index (χ0v) is 16.5. The smallest absolute Gasteiger partial charge is 0.258 e. The lowest BCUT2D eigenvalue weighted by atomic mass is 10.1. The average Bonchev–Trinajstić information content (AvgIpc) is 2.88. The Morgan fingerprint density at radius 1 is 1.04 bits per heavy atom. The van der Waals surface area contributed by atoms with Crippen LogP contribution in [0.4, 0.5) is 5.69 Å². The van der Waals surface area contributed by atoms with Crippen LogP contribution in [-0.2, 0) is 10.0 Å². The standard InChI is InChI=1S/C20H26N2O3S/c1-4-6-11-22(12-7-5-2)26(24,25)16-13-15-9-8-10-18-19(15)17(14-16)20(23)21(18)3/h8-10,13-14H,4-7,11-12H2,1-3H3. The molecule has 0 aromatic heterocycles. The fourth-order valence-electron chi connectivity index (χ4n) is 3.44. The summed E-state index contributed by atoms with van der Waals surface area (Å²) in [7, 11) is -1.90. The minimum absolute atomic E-state index is 0.151. The van der Waals surface area contributed by atoms with Crippen LogP contribution in [0.1, 0.15) is 49.9 Å². The quantitative estimate of drug-likeness (QED) is 0.701. The first-order valence-corrected chi connectivity index (χ1v) is 10.7. The van der Waals surface area contributed by atoms with E-state index < -0.39 is 10.0 Å². The minimum atomic E-state index is -3.62. The van der Waals surface area contributed by atoms with Gasteiger partial charge in [-0.15, -0.1) is 0 Å². The molecule has 0 aliphatic carbocycles. The maximum Gasteiger partial charge on any atom is 0.258 e. The number of benzene rings is 2. The van der Waals surface area contributed by atoms with Crippen LogP contribution in [0.5, 0.6) is 0 Å². The van der Waals surface area contributed by atoms with E-state index in [2.05, 4.69) is 13.8 Å². The Bertz CT molecular complexity index is 929. The number of anilines is 1. The highest BCUT2D eigenvalue weighted by molar-refractivity contribution is 7.89. The van der Waals surface area contributed by atoms with Crippen molar-refractivity contribution in [2.24, 2.45) is 0 Å². The Kier molecular flexibility index (Phi) is 5.34. The second-order valence-corrected chi connectivity index (χ2v) is 8.76. The Hall–Kier alpha value is -1.92. The highest BCUT2D eigenvalue weighted by Gasteiger charge is 2.31. The highest BCUT2D eigenvalue weighted by Crippen LogP contribution is 2.38. The van der Waals surface area contributed by atoms with Gasteiger partial charge in [-0.25, -0.2) is 8.42 Å². The molecule has 1 aliphatic heterocycles. The molecule has 0 saturated heterocycles. The van der Waals surface area contributed by atoms with Crippen molar-refractivity contribution < 1.29 is 13.2 Å². The zero-order valence-electron chi connectivity index (χ0n) is 15.7. The molecule has 0 saturated carbocycles. The summed E-state index contributed by atoms with van der Waals surface area (Å²) < 4.78 is 28.1. The van der Waals surface area contributed by atoms with Crippen LogP contribution < -0.4 is 4.90 Å². The summed E-state index contributed by atoms with van der Waals surface area (Å²) in [5.74, 6) is -0.151. The first kappa shape index (κ1) is 18.9. The second kappa shape index (κ2) is 7.37. The van der Waals surface area contributed by atoms with Crippen LogP contribution in [-0.4, -0.2) is 38.8 Å². The fourth-order valence-corrected chi connectivity index (χ4v) is 5.02. The zero-order chi connectivity index (χ0) is 18.9. The molecule has 2 aromatic rings. The highest BCUT2D eigenvalue weighted by atomic mass is 32.2. The summed E-state index contributed by atoms with van der Waals surface area (Å²) in [6, 6.07) is 8.88. The number of sulfonamides is 1. The molecular formula is C20H26N2O3S. The molecule has 1 amide bonds. The van der Waals surface area contributed by atoms with E-state index in [-0.39, 0.29) is 10.8 Å². The largest absolute Gasteiger partial charge is 0.311 e. The number of rotatable bonds is 8. The van der Waals surface area contributed by atoms with E-state index in [1.165, 1.54) is 0 Å². The number of carbonyl (C=O) groups excluding carboxylic acids is 1. The molecule has 5 nitrogen and oxygen atoms in total. The van der Waals surface area contributed by atoms with E-state index in [1.54, 1.807) is 28.4 Å². The van der Waals surface area contributed by atoms with Crippen LogP contribution in [0.25, 0.3) is 10.8 Å². The number of hydrogen-bond acceptors (Lipinski definition) is 3. The van der Waals surface area contributed by atoms with Gasteiger partial charge in [-0.1, -0.05) is 38.8 Å². The Labute approximate surface area is 155 Å².